The summed E-state index contributed by atoms with van der Waals surface area (Å²) in [7, 11) is 1.44. The standard InChI is InChI=1S/C22H16ClF3N4O/c1-30-20(31)22(29-21(30)27,16-7-14(19(25)26)10-28-11-16)15-6-13(8-17(23)9-15)12-2-4-18(24)5-3-12/h2-11,19H,1H3,(H2,27,29). The Balaban J connectivity index is 1.97. The molecule has 1 amide bonds. The number of alkyl halides is 2. The second kappa shape index (κ2) is 7.70. The van der Waals surface area contributed by atoms with Gasteiger partial charge in [-0.15, -0.1) is 0 Å². The summed E-state index contributed by atoms with van der Waals surface area (Å²) in [6, 6.07) is 11.7. The Morgan fingerprint density at radius 3 is 2.35 bits per heavy atom. The Kier molecular flexibility index (Phi) is 5.18. The van der Waals surface area contributed by atoms with Crippen molar-refractivity contribution >= 4 is 23.5 Å². The molecule has 0 spiro atoms. The van der Waals surface area contributed by atoms with Gasteiger partial charge in [-0.1, -0.05) is 23.7 Å². The van der Waals surface area contributed by atoms with Crippen molar-refractivity contribution in [1.29, 1.82) is 0 Å². The minimum Gasteiger partial charge on any atom is -0.369 e. The minimum atomic E-state index is -2.78. The second-order valence-corrected chi connectivity index (χ2v) is 7.52. The maximum absolute atomic E-state index is 13.4. The third-order valence-electron chi connectivity index (χ3n) is 5.16. The zero-order valence-corrected chi connectivity index (χ0v) is 16.9. The van der Waals surface area contributed by atoms with Crippen LogP contribution in [-0.4, -0.2) is 28.8 Å². The molecule has 5 nitrogen and oxygen atoms in total. The van der Waals surface area contributed by atoms with Crippen LogP contribution in [0.5, 0.6) is 0 Å². The van der Waals surface area contributed by atoms with Gasteiger partial charge in [0.2, 0.25) is 0 Å². The quantitative estimate of drug-likeness (QED) is 0.643. The highest BCUT2D eigenvalue weighted by Gasteiger charge is 2.50. The van der Waals surface area contributed by atoms with Gasteiger partial charge in [0.15, 0.2) is 11.5 Å². The van der Waals surface area contributed by atoms with Crippen molar-refractivity contribution in [2.24, 2.45) is 10.7 Å². The maximum Gasteiger partial charge on any atom is 0.266 e. The molecule has 2 aromatic carbocycles. The van der Waals surface area contributed by atoms with E-state index >= 15 is 0 Å². The van der Waals surface area contributed by atoms with E-state index in [1.165, 1.54) is 37.5 Å². The molecule has 2 heterocycles. The number of likely N-dealkylation sites (N-methyl/N-ethyl adjacent to an activating group) is 1. The summed E-state index contributed by atoms with van der Waals surface area (Å²) >= 11 is 6.35. The topological polar surface area (TPSA) is 71.6 Å². The number of aromatic nitrogens is 1. The number of carbonyl (C=O) groups is 1. The highest BCUT2D eigenvalue weighted by molar-refractivity contribution is 6.31. The highest BCUT2D eigenvalue weighted by atomic mass is 35.5. The third-order valence-corrected chi connectivity index (χ3v) is 5.38. The molecule has 1 aliphatic rings. The molecule has 158 valence electrons. The highest BCUT2D eigenvalue weighted by Crippen LogP contribution is 2.42. The first-order chi connectivity index (χ1) is 14.7. The van der Waals surface area contributed by atoms with E-state index in [2.05, 4.69) is 9.98 Å². The number of guanidine groups is 1. The first-order valence-corrected chi connectivity index (χ1v) is 9.54. The number of pyridine rings is 1. The lowest BCUT2D eigenvalue weighted by atomic mass is 9.82. The zero-order chi connectivity index (χ0) is 22.3. The van der Waals surface area contributed by atoms with Gasteiger partial charge in [0.25, 0.3) is 12.3 Å². The largest absolute Gasteiger partial charge is 0.369 e. The van der Waals surface area contributed by atoms with Crippen LogP contribution in [0.25, 0.3) is 11.1 Å². The molecule has 9 heteroatoms. The SMILES string of the molecule is CN1C(=O)C(c2cc(Cl)cc(-c3ccc(F)cc3)c2)(c2cncc(C(F)F)c2)N=C1N. The summed E-state index contributed by atoms with van der Waals surface area (Å²) in [4.78, 5) is 22.8. The molecular weight excluding hydrogens is 429 g/mol. The average molecular weight is 445 g/mol. The van der Waals surface area contributed by atoms with E-state index in [-0.39, 0.29) is 22.1 Å². The van der Waals surface area contributed by atoms with Gasteiger partial charge in [-0.05, 0) is 53.1 Å². The van der Waals surface area contributed by atoms with Crippen LogP contribution in [0.15, 0.2) is 65.9 Å². The number of nitrogens with zero attached hydrogens (tertiary/aromatic N) is 3. The molecule has 1 unspecified atom stereocenters. The van der Waals surface area contributed by atoms with Crippen LogP contribution in [0.1, 0.15) is 23.1 Å². The van der Waals surface area contributed by atoms with Gasteiger partial charge >= 0.3 is 0 Å². The van der Waals surface area contributed by atoms with E-state index < -0.39 is 23.7 Å². The number of amides is 1. The number of hydrogen-bond acceptors (Lipinski definition) is 4. The lowest BCUT2D eigenvalue weighted by molar-refractivity contribution is -0.129. The molecule has 0 aliphatic carbocycles. The monoisotopic (exact) mass is 444 g/mol. The fraction of sp³-hybridized carbons (Fsp3) is 0.136. The summed E-state index contributed by atoms with van der Waals surface area (Å²) in [5.74, 6) is -1.01. The van der Waals surface area contributed by atoms with Crippen LogP contribution >= 0.6 is 11.6 Å². The van der Waals surface area contributed by atoms with Crippen LogP contribution in [-0.2, 0) is 10.3 Å². The van der Waals surface area contributed by atoms with Crippen molar-refractivity contribution in [3.8, 4) is 11.1 Å². The van der Waals surface area contributed by atoms with Crippen LogP contribution in [0.3, 0.4) is 0 Å². The van der Waals surface area contributed by atoms with Gasteiger partial charge in [-0.2, -0.15) is 0 Å². The first kappa shape index (κ1) is 20.9. The van der Waals surface area contributed by atoms with Gasteiger partial charge in [0.05, 0.1) is 0 Å². The van der Waals surface area contributed by atoms with Crippen LogP contribution in [0.4, 0.5) is 13.2 Å². The molecular formula is C22H16ClF3N4O. The smallest absolute Gasteiger partial charge is 0.266 e. The lowest BCUT2D eigenvalue weighted by Gasteiger charge is -2.27. The van der Waals surface area contributed by atoms with Crippen molar-refractivity contribution in [3.63, 3.8) is 0 Å². The van der Waals surface area contributed by atoms with E-state index in [9.17, 15) is 18.0 Å². The maximum atomic E-state index is 13.4. The van der Waals surface area contributed by atoms with Crippen molar-refractivity contribution < 1.29 is 18.0 Å². The Hall–Kier alpha value is -3.39. The van der Waals surface area contributed by atoms with Crippen LogP contribution in [0, 0.1) is 5.82 Å². The summed E-state index contributed by atoms with van der Waals surface area (Å²) in [5, 5.41) is 0.283. The van der Waals surface area contributed by atoms with Gasteiger partial charge in [0, 0.05) is 35.6 Å². The Morgan fingerprint density at radius 1 is 1.03 bits per heavy atom. The van der Waals surface area contributed by atoms with E-state index in [4.69, 9.17) is 17.3 Å². The molecule has 1 atom stereocenters. The van der Waals surface area contributed by atoms with E-state index in [1.807, 2.05) is 0 Å². The Morgan fingerprint density at radius 2 is 1.74 bits per heavy atom. The van der Waals surface area contributed by atoms with E-state index in [0.29, 0.717) is 16.7 Å². The first-order valence-electron chi connectivity index (χ1n) is 9.16. The van der Waals surface area contributed by atoms with Gasteiger partial charge in [0.1, 0.15) is 5.82 Å². The molecule has 0 fully saturated rings. The summed E-state index contributed by atoms with van der Waals surface area (Å²) in [6.45, 7) is 0. The predicted octanol–water partition coefficient (Wildman–Crippen LogP) is 4.51. The average Bonchev–Trinajstić information content (AvgIpc) is 2.99. The van der Waals surface area contributed by atoms with Crippen molar-refractivity contribution in [3.05, 3.63) is 88.5 Å². The zero-order valence-electron chi connectivity index (χ0n) is 16.2. The summed E-state index contributed by atoms with van der Waals surface area (Å²) < 4.78 is 40.0. The lowest BCUT2D eigenvalue weighted by Crippen LogP contribution is -2.41. The molecule has 1 aliphatic heterocycles. The fourth-order valence-corrected chi connectivity index (χ4v) is 3.80. The molecule has 0 radical (unpaired) electrons. The number of aliphatic imine (C=N–C) groups is 1. The number of benzene rings is 2. The fourth-order valence-electron chi connectivity index (χ4n) is 3.57. The molecule has 2 N–H and O–H groups in total. The summed E-state index contributed by atoms with van der Waals surface area (Å²) in [6.07, 6.45) is -0.452. The predicted molar refractivity (Wildman–Crippen MR) is 111 cm³/mol. The Labute approximate surface area is 181 Å². The van der Waals surface area contributed by atoms with E-state index in [1.54, 1.807) is 24.3 Å². The number of hydrogen-bond donors (Lipinski definition) is 1. The Bertz CT molecular complexity index is 1200. The molecule has 4 rings (SSSR count). The van der Waals surface area contributed by atoms with E-state index in [0.717, 1.165) is 11.1 Å². The van der Waals surface area contributed by atoms with Gasteiger partial charge < -0.3 is 5.73 Å². The van der Waals surface area contributed by atoms with Crippen LogP contribution in [0.2, 0.25) is 5.02 Å². The van der Waals surface area contributed by atoms with Gasteiger partial charge in [-0.3, -0.25) is 14.7 Å². The third kappa shape index (κ3) is 3.53. The molecule has 0 bridgehead atoms. The van der Waals surface area contributed by atoms with Crippen molar-refractivity contribution in [2.45, 2.75) is 12.0 Å². The molecule has 31 heavy (non-hydrogen) atoms. The van der Waals surface area contributed by atoms with Crippen molar-refractivity contribution in [2.75, 3.05) is 7.05 Å². The number of nitrogens with two attached hydrogens (primary N) is 1. The molecule has 1 aromatic heterocycles. The molecule has 0 saturated carbocycles. The normalized spacial score (nSPS) is 18.6. The molecule has 3 aromatic rings. The van der Waals surface area contributed by atoms with Crippen LogP contribution < -0.4 is 5.73 Å². The number of halogens is 4. The van der Waals surface area contributed by atoms with Gasteiger partial charge in [-0.25, -0.2) is 18.2 Å². The number of carbonyl (C=O) groups excluding carboxylic acids is 1. The van der Waals surface area contributed by atoms with Crippen molar-refractivity contribution in [1.82, 2.24) is 9.88 Å². The number of rotatable bonds is 4. The summed E-state index contributed by atoms with van der Waals surface area (Å²) in [5.41, 5.74) is 5.54. The second-order valence-electron chi connectivity index (χ2n) is 7.09. The molecule has 0 saturated heterocycles. The minimum absolute atomic E-state index is 0.0734.